The molecular weight excluding hydrogens is 314 g/mol. The molecule has 5 atom stereocenters. The van der Waals surface area contributed by atoms with Gasteiger partial charge in [0.15, 0.2) is 0 Å². The van der Waals surface area contributed by atoms with Crippen LogP contribution in [0.2, 0.25) is 5.02 Å². The van der Waals surface area contributed by atoms with Gasteiger partial charge < -0.3 is 30.1 Å². The van der Waals surface area contributed by atoms with Crippen LogP contribution in [0.25, 0.3) is 0 Å². The van der Waals surface area contributed by atoms with Gasteiger partial charge >= 0.3 is 0 Å². The lowest BCUT2D eigenvalue weighted by molar-refractivity contribution is -0.244. The second kappa shape index (κ2) is 7.26. The van der Waals surface area contributed by atoms with E-state index >= 15 is 0 Å². The topological polar surface area (TPSA) is 108 Å². The van der Waals surface area contributed by atoms with Crippen molar-refractivity contribution in [2.75, 3.05) is 6.61 Å². The summed E-state index contributed by atoms with van der Waals surface area (Å²) in [5.74, 6) is -0.125. The van der Waals surface area contributed by atoms with Crippen molar-refractivity contribution in [3.63, 3.8) is 0 Å². The first-order chi connectivity index (χ1) is 10.4. The molecule has 0 radical (unpaired) electrons. The van der Waals surface area contributed by atoms with Gasteiger partial charge in [-0.05, 0) is 12.1 Å². The maximum absolute atomic E-state index is 11.3. The summed E-state index contributed by atoms with van der Waals surface area (Å²) in [6, 6.07) is 5.62. The van der Waals surface area contributed by atoms with Crippen LogP contribution in [-0.2, 0) is 9.53 Å². The Bertz CT molecular complexity index is 528. The van der Waals surface area contributed by atoms with Gasteiger partial charge in [-0.3, -0.25) is 4.79 Å². The van der Waals surface area contributed by atoms with Gasteiger partial charge in [-0.2, -0.15) is 0 Å². The van der Waals surface area contributed by atoms with Crippen molar-refractivity contribution in [2.45, 2.75) is 37.6 Å². The van der Waals surface area contributed by atoms with Crippen molar-refractivity contribution in [2.24, 2.45) is 0 Å². The third-order valence-corrected chi connectivity index (χ3v) is 3.64. The van der Waals surface area contributed by atoms with Crippen LogP contribution in [0.4, 0.5) is 0 Å². The maximum Gasteiger partial charge on any atom is 0.223 e. The number of carbonyl (C=O) groups excluding carboxylic acids is 1. The molecule has 1 saturated heterocycles. The van der Waals surface area contributed by atoms with E-state index in [-0.39, 0.29) is 0 Å². The van der Waals surface area contributed by atoms with Crippen LogP contribution in [0.15, 0.2) is 24.3 Å². The molecule has 1 fully saturated rings. The fourth-order valence-corrected chi connectivity index (χ4v) is 2.42. The Morgan fingerprint density at radius 1 is 1.36 bits per heavy atom. The van der Waals surface area contributed by atoms with Crippen molar-refractivity contribution < 1.29 is 29.6 Å². The third-order valence-electron chi connectivity index (χ3n) is 3.33. The maximum atomic E-state index is 11.3. The Labute approximate surface area is 132 Å². The molecule has 2 rings (SSSR count). The molecule has 0 saturated carbocycles. The van der Waals surface area contributed by atoms with E-state index in [1.165, 1.54) is 6.92 Å². The molecule has 1 aromatic rings. The van der Waals surface area contributed by atoms with Crippen molar-refractivity contribution in [1.29, 1.82) is 0 Å². The first-order valence-electron chi connectivity index (χ1n) is 6.74. The van der Waals surface area contributed by atoms with Gasteiger partial charge in [0.1, 0.15) is 30.1 Å². The minimum Gasteiger partial charge on any atom is -0.461 e. The summed E-state index contributed by atoms with van der Waals surface area (Å²) in [7, 11) is 0. The SMILES string of the molecule is CC(=O)N[C@@H]1[C@H](Oc2ccccc2Cl)O[C@H](CO)[C@H](O)[C@H]1O. The lowest BCUT2D eigenvalue weighted by Crippen LogP contribution is -2.65. The molecule has 0 bridgehead atoms. The standard InChI is InChI=1S/C14H18ClNO6/c1-7(18)16-11-13(20)12(19)10(6-17)22-14(11)21-9-5-3-2-4-8(9)15/h2-5,10-14,17,19-20H,6H2,1H3,(H,16,18)/t10-,11+,12+,13+,14-/m1/s1. The molecule has 8 heteroatoms. The van der Waals surface area contributed by atoms with Crippen molar-refractivity contribution >= 4 is 17.5 Å². The van der Waals surface area contributed by atoms with Crippen molar-refractivity contribution in [3.05, 3.63) is 29.3 Å². The number of amides is 1. The molecule has 1 aliphatic heterocycles. The Kier molecular flexibility index (Phi) is 5.60. The highest BCUT2D eigenvalue weighted by Gasteiger charge is 2.46. The predicted octanol–water partition coefficient (Wildman–Crippen LogP) is -0.338. The Hall–Kier alpha value is -1.38. The van der Waals surface area contributed by atoms with E-state index in [0.717, 1.165) is 0 Å². The minimum atomic E-state index is -1.36. The quantitative estimate of drug-likeness (QED) is 0.601. The second-order valence-corrected chi connectivity index (χ2v) is 5.39. The fraction of sp³-hybridized carbons (Fsp3) is 0.500. The molecule has 4 N–H and O–H groups in total. The highest BCUT2D eigenvalue weighted by Crippen LogP contribution is 2.28. The van der Waals surface area contributed by atoms with Crippen LogP contribution in [-0.4, -0.2) is 58.5 Å². The predicted molar refractivity (Wildman–Crippen MR) is 77.4 cm³/mol. The van der Waals surface area contributed by atoms with Crippen LogP contribution >= 0.6 is 11.6 Å². The number of hydrogen-bond acceptors (Lipinski definition) is 6. The first-order valence-corrected chi connectivity index (χ1v) is 7.12. The lowest BCUT2D eigenvalue weighted by atomic mass is 9.97. The summed E-state index contributed by atoms with van der Waals surface area (Å²) in [6.07, 6.45) is -4.86. The fourth-order valence-electron chi connectivity index (χ4n) is 2.24. The van der Waals surface area contributed by atoms with Crippen molar-refractivity contribution in [1.82, 2.24) is 5.32 Å². The first kappa shape index (κ1) is 17.0. The second-order valence-electron chi connectivity index (χ2n) is 4.98. The molecule has 1 aliphatic rings. The number of halogens is 1. The molecule has 7 nitrogen and oxygen atoms in total. The lowest BCUT2D eigenvalue weighted by Gasteiger charge is -2.42. The van der Waals surface area contributed by atoms with Crippen LogP contribution in [0.3, 0.4) is 0 Å². The van der Waals surface area contributed by atoms with Gasteiger partial charge in [0.25, 0.3) is 0 Å². The number of ether oxygens (including phenoxy) is 2. The van der Waals surface area contributed by atoms with Gasteiger partial charge in [-0.1, -0.05) is 23.7 Å². The average Bonchev–Trinajstić information content (AvgIpc) is 2.48. The number of benzene rings is 1. The summed E-state index contributed by atoms with van der Waals surface area (Å²) in [5.41, 5.74) is 0. The zero-order valence-corrected chi connectivity index (χ0v) is 12.6. The van der Waals surface area contributed by atoms with Gasteiger partial charge in [0.05, 0.1) is 11.6 Å². The Morgan fingerprint density at radius 3 is 2.64 bits per heavy atom. The molecule has 1 heterocycles. The number of carbonyl (C=O) groups is 1. The van der Waals surface area contributed by atoms with Gasteiger partial charge in [-0.25, -0.2) is 0 Å². The smallest absolute Gasteiger partial charge is 0.223 e. The van der Waals surface area contributed by atoms with E-state index in [1.807, 2.05) is 0 Å². The zero-order valence-electron chi connectivity index (χ0n) is 11.8. The van der Waals surface area contributed by atoms with E-state index in [9.17, 15) is 20.1 Å². The van der Waals surface area contributed by atoms with Gasteiger partial charge in [0, 0.05) is 6.92 Å². The summed E-state index contributed by atoms with van der Waals surface area (Å²) < 4.78 is 11.0. The highest BCUT2D eigenvalue weighted by molar-refractivity contribution is 6.32. The van der Waals surface area contributed by atoms with Crippen LogP contribution in [0, 0.1) is 0 Å². The van der Waals surface area contributed by atoms with Crippen LogP contribution in [0.5, 0.6) is 5.75 Å². The van der Waals surface area contributed by atoms with E-state index in [0.29, 0.717) is 10.8 Å². The molecule has 1 aromatic carbocycles. The van der Waals surface area contributed by atoms with E-state index in [2.05, 4.69) is 5.32 Å². The van der Waals surface area contributed by atoms with Crippen LogP contribution in [0.1, 0.15) is 6.92 Å². The molecule has 122 valence electrons. The van der Waals surface area contributed by atoms with Crippen molar-refractivity contribution in [3.8, 4) is 5.75 Å². The molecule has 0 spiro atoms. The monoisotopic (exact) mass is 331 g/mol. The zero-order chi connectivity index (χ0) is 16.3. The normalized spacial score (nSPS) is 31.6. The summed E-state index contributed by atoms with van der Waals surface area (Å²) >= 11 is 6.00. The number of nitrogens with one attached hydrogen (secondary N) is 1. The number of aliphatic hydroxyl groups is 3. The summed E-state index contributed by atoms with van der Waals surface area (Å²) in [5, 5.41) is 32.0. The number of para-hydroxylation sites is 1. The summed E-state index contributed by atoms with van der Waals surface area (Å²) in [6.45, 7) is 0.761. The largest absolute Gasteiger partial charge is 0.461 e. The van der Waals surface area contributed by atoms with E-state index in [4.69, 9.17) is 21.1 Å². The Morgan fingerprint density at radius 2 is 2.05 bits per heavy atom. The van der Waals surface area contributed by atoms with Gasteiger partial charge in [-0.15, -0.1) is 0 Å². The highest BCUT2D eigenvalue weighted by atomic mass is 35.5. The molecular formula is C14H18ClNO6. The molecule has 22 heavy (non-hydrogen) atoms. The number of aliphatic hydroxyl groups excluding tert-OH is 3. The number of hydrogen-bond donors (Lipinski definition) is 4. The number of rotatable bonds is 4. The molecule has 0 aromatic heterocycles. The minimum absolute atomic E-state index is 0.296. The van der Waals surface area contributed by atoms with E-state index < -0.39 is 43.2 Å². The molecule has 0 unspecified atom stereocenters. The molecule has 0 aliphatic carbocycles. The van der Waals surface area contributed by atoms with Crippen LogP contribution < -0.4 is 10.1 Å². The third kappa shape index (κ3) is 3.68. The Balaban J connectivity index is 2.23. The molecule has 1 amide bonds. The average molecular weight is 332 g/mol. The van der Waals surface area contributed by atoms with E-state index in [1.54, 1.807) is 24.3 Å². The van der Waals surface area contributed by atoms with Gasteiger partial charge in [0.2, 0.25) is 12.2 Å². The summed E-state index contributed by atoms with van der Waals surface area (Å²) in [4.78, 5) is 11.3.